The van der Waals surface area contributed by atoms with Crippen molar-refractivity contribution in [3.63, 3.8) is 0 Å². The Morgan fingerprint density at radius 2 is 1.71 bits per heavy atom. The van der Waals surface area contributed by atoms with Gasteiger partial charge in [0, 0.05) is 26.2 Å². The van der Waals surface area contributed by atoms with Crippen LogP contribution >= 0.6 is 0 Å². The van der Waals surface area contributed by atoms with Crippen LogP contribution < -0.4 is 5.32 Å². The van der Waals surface area contributed by atoms with E-state index in [2.05, 4.69) is 5.32 Å². The molecule has 34 heavy (non-hydrogen) atoms. The number of nitrogens with zero attached hydrogens (tertiary/aromatic N) is 2. The van der Waals surface area contributed by atoms with Crippen molar-refractivity contribution in [2.75, 3.05) is 19.6 Å². The molecule has 2 atom stereocenters. The summed E-state index contributed by atoms with van der Waals surface area (Å²) in [5.74, 6) is -0.704. The number of rotatable bonds is 7. The van der Waals surface area contributed by atoms with Gasteiger partial charge in [0.15, 0.2) is 0 Å². The van der Waals surface area contributed by atoms with Crippen molar-refractivity contribution in [2.24, 2.45) is 5.92 Å². The number of sulfonamides is 1. The fourth-order valence-electron chi connectivity index (χ4n) is 5.12. The van der Waals surface area contributed by atoms with Crippen molar-refractivity contribution in [2.45, 2.75) is 82.3 Å². The Hall–Kier alpha value is -2.00. The van der Waals surface area contributed by atoms with Crippen LogP contribution in [-0.2, 0) is 31.8 Å². The van der Waals surface area contributed by atoms with Crippen LogP contribution in [0.2, 0.25) is 0 Å². The van der Waals surface area contributed by atoms with Gasteiger partial charge in [-0.05, 0) is 63.5 Å². The molecule has 1 aromatic carbocycles. The highest BCUT2D eigenvalue weighted by Gasteiger charge is 2.42. The number of carbonyl (C=O) groups is 2. The molecule has 2 aliphatic heterocycles. The molecule has 0 aromatic heterocycles. The number of hydrogen-bond donors (Lipinski definition) is 1. The van der Waals surface area contributed by atoms with Gasteiger partial charge < -0.3 is 10.2 Å². The molecule has 2 saturated heterocycles. The average molecular weight is 494 g/mol. The van der Waals surface area contributed by atoms with Crippen molar-refractivity contribution in [3.05, 3.63) is 35.4 Å². The van der Waals surface area contributed by atoms with Crippen molar-refractivity contribution >= 4 is 21.8 Å². The predicted octanol–water partition coefficient (Wildman–Crippen LogP) is 3.09. The van der Waals surface area contributed by atoms with Crippen LogP contribution in [0.5, 0.6) is 0 Å². The van der Waals surface area contributed by atoms with Gasteiger partial charge >= 0.3 is 0 Å². The molecule has 188 valence electrons. The van der Waals surface area contributed by atoms with E-state index in [1.807, 2.05) is 0 Å². The summed E-state index contributed by atoms with van der Waals surface area (Å²) in [5.41, 5.74) is 0.0237. The second-order valence-corrected chi connectivity index (χ2v) is 12.6. The summed E-state index contributed by atoms with van der Waals surface area (Å²) in [6.45, 7) is 4.53. The van der Waals surface area contributed by atoms with E-state index in [0.29, 0.717) is 57.3 Å². The first kappa shape index (κ1) is 25.1. The molecule has 0 unspecified atom stereocenters. The lowest BCUT2D eigenvalue weighted by Gasteiger charge is -2.38. The second-order valence-electron chi connectivity index (χ2n) is 10.4. The quantitative estimate of drug-likeness (QED) is 0.632. The fraction of sp³-hybridized carbons (Fsp3) is 0.680. The Morgan fingerprint density at radius 1 is 1.03 bits per heavy atom. The summed E-state index contributed by atoms with van der Waals surface area (Å²) < 4.78 is 41.2. The van der Waals surface area contributed by atoms with Crippen LogP contribution in [-0.4, -0.2) is 60.4 Å². The van der Waals surface area contributed by atoms with E-state index < -0.39 is 27.7 Å². The molecule has 2 amide bonds. The maximum Gasteiger partial charge on any atom is 0.243 e. The minimum absolute atomic E-state index is 0.110. The van der Waals surface area contributed by atoms with Crippen molar-refractivity contribution < 1.29 is 22.4 Å². The van der Waals surface area contributed by atoms with Gasteiger partial charge in [-0.1, -0.05) is 30.7 Å². The minimum atomic E-state index is -3.34. The zero-order valence-electron chi connectivity index (χ0n) is 20.1. The van der Waals surface area contributed by atoms with E-state index in [-0.39, 0.29) is 23.6 Å². The molecule has 1 aromatic rings. The van der Waals surface area contributed by atoms with Crippen molar-refractivity contribution in [3.8, 4) is 0 Å². The highest BCUT2D eigenvalue weighted by atomic mass is 32.2. The monoisotopic (exact) mass is 493 g/mol. The Bertz CT molecular complexity index is 1000. The molecule has 1 aliphatic carbocycles. The third-order valence-electron chi connectivity index (χ3n) is 7.51. The molecule has 4 rings (SSSR count). The number of likely N-dealkylation sites (tertiary alicyclic amines) is 1. The number of hydrogen-bond acceptors (Lipinski definition) is 4. The molecule has 1 saturated carbocycles. The zero-order valence-corrected chi connectivity index (χ0v) is 20.9. The molecular formula is C25H36FN3O4S. The summed E-state index contributed by atoms with van der Waals surface area (Å²) in [6.07, 6.45) is 5.03. The third kappa shape index (κ3) is 5.30. The van der Waals surface area contributed by atoms with Gasteiger partial charge in [0.25, 0.3) is 0 Å². The first-order valence-electron chi connectivity index (χ1n) is 12.4. The zero-order chi connectivity index (χ0) is 24.5. The van der Waals surface area contributed by atoms with Gasteiger partial charge in [0.05, 0.1) is 11.2 Å². The van der Waals surface area contributed by atoms with Crippen LogP contribution in [0, 0.1) is 5.92 Å². The molecule has 3 fully saturated rings. The standard InChI is InChI=1S/C25H36FN3O4S/c1-25(2,26)20-12-10-18(11-13-20)16-27-23(30)22-9-5-15-29(22)24(31)19-6-4-14-28(17-19)34(32,33)21-7-3-8-21/h10-13,19,21-22H,3-9,14-17H2,1-2H3,(H,27,30)/t19-,22+/m0/s1. The molecule has 3 aliphatic rings. The SMILES string of the molecule is CC(C)(F)c1ccc(CNC(=O)[C@H]2CCCN2C(=O)[C@H]2CCCN(S(=O)(=O)C3CCC3)C2)cc1. The van der Waals surface area contributed by atoms with E-state index in [4.69, 9.17) is 0 Å². The number of alkyl halides is 1. The van der Waals surface area contributed by atoms with E-state index in [1.165, 1.54) is 18.2 Å². The number of nitrogens with one attached hydrogen (secondary N) is 1. The number of piperidine rings is 1. The lowest BCUT2D eigenvalue weighted by Crippen LogP contribution is -2.52. The number of benzene rings is 1. The summed E-state index contributed by atoms with van der Waals surface area (Å²) in [7, 11) is -3.34. The van der Waals surface area contributed by atoms with Crippen LogP contribution in [0.25, 0.3) is 0 Å². The lowest BCUT2D eigenvalue weighted by molar-refractivity contribution is -0.142. The van der Waals surface area contributed by atoms with Gasteiger partial charge in [-0.3, -0.25) is 9.59 Å². The highest BCUT2D eigenvalue weighted by molar-refractivity contribution is 7.89. The number of halogens is 1. The smallest absolute Gasteiger partial charge is 0.243 e. The van der Waals surface area contributed by atoms with Crippen molar-refractivity contribution in [1.29, 1.82) is 0 Å². The first-order valence-corrected chi connectivity index (χ1v) is 13.9. The van der Waals surface area contributed by atoms with E-state index in [0.717, 1.165) is 18.4 Å². The van der Waals surface area contributed by atoms with E-state index >= 15 is 0 Å². The van der Waals surface area contributed by atoms with Gasteiger partial charge in [0.1, 0.15) is 11.7 Å². The minimum Gasteiger partial charge on any atom is -0.350 e. The Morgan fingerprint density at radius 3 is 2.32 bits per heavy atom. The fourth-order valence-corrected chi connectivity index (χ4v) is 7.24. The largest absolute Gasteiger partial charge is 0.350 e. The molecule has 0 bridgehead atoms. The van der Waals surface area contributed by atoms with Crippen LogP contribution in [0.15, 0.2) is 24.3 Å². The van der Waals surface area contributed by atoms with Gasteiger partial charge in [-0.15, -0.1) is 0 Å². The summed E-state index contributed by atoms with van der Waals surface area (Å²) in [6, 6.07) is 6.51. The van der Waals surface area contributed by atoms with Crippen molar-refractivity contribution in [1.82, 2.24) is 14.5 Å². The molecular weight excluding hydrogens is 457 g/mol. The first-order chi connectivity index (χ1) is 16.1. The summed E-state index contributed by atoms with van der Waals surface area (Å²) in [5, 5.41) is 2.62. The molecule has 9 heteroatoms. The molecule has 1 N–H and O–H groups in total. The van der Waals surface area contributed by atoms with Gasteiger partial charge in [-0.2, -0.15) is 0 Å². The maximum atomic E-state index is 14.0. The maximum absolute atomic E-state index is 14.0. The molecule has 7 nitrogen and oxygen atoms in total. The summed E-state index contributed by atoms with van der Waals surface area (Å²) in [4.78, 5) is 27.9. The van der Waals surface area contributed by atoms with Gasteiger partial charge in [0.2, 0.25) is 21.8 Å². The molecule has 0 spiro atoms. The predicted molar refractivity (Wildman–Crippen MR) is 128 cm³/mol. The van der Waals surface area contributed by atoms with Crippen LogP contribution in [0.4, 0.5) is 4.39 Å². The number of amides is 2. The Balaban J connectivity index is 1.34. The van der Waals surface area contributed by atoms with Crippen LogP contribution in [0.3, 0.4) is 0 Å². The second kappa shape index (κ2) is 9.93. The highest BCUT2D eigenvalue weighted by Crippen LogP contribution is 2.32. The van der Waals surface area contributed by atoms with E-state index in [9.17, 15) is 22.4 Å². The lowest BCUT2D eigenvalue weighted by atomic mass is 9.97. The molecule has 2 heterocycles. The van der Waals surface area contributed by atoms with Gasteiger partial charge in [-0.25, -0.2) is 17.1 Å². The molecule has 0 radical (unpaired) electrons. The topological polar surface area (TPSA) is 86.8 Å². The van der Waals surface area contributed by atoms with Crippen LogP contribution in [0.1, 0.15) is 69.9 Å². The Kier molecular flexibility index (Phi) is 7.33. The summed E-state index contributed by atoms with van der Waals surface area (Å²) >= 11 is 0. The number of carbonyl (C=O) groups excluding carboxylic acids is 2. The average Bonchev–Trinajstić information content (AvgIpc) is 3.25. The normalized spacial score (nSPS) is 24.6. The Labute approximate surface area is 202 Å². The third-order valence-corrected chi connectivity index (χ3v) is 9.88. The van der Waals surface area contributed by atoms with E-state index in [1.54, 1.807) is 29.2 Å².